The van der Waals surface area contributed by atoms with Crippen LogP contribution in [0.2, 0.25) is 0 Å². The summed E-state index contributed by atoms with van der Waals surface area (Å²) >= 11 is 3.57. The maximum atomic E-state index is 11.3. The number of hydrogen-bond acceptors (Lipinski definition) is 2. The molecule has 0 aromatic heterocycles. The molecule has 1 saturated carbocycles. The maximum absolute atomic E-state index is 11.3. The second-order valence-electron chi connectivity index (χ2n) is 5.72. The molecule has 2 N–H and O–H groups in total. The number of aryl methyl sites for hydroxylation is 1. The van der Waals surface area contributed by atoms with E-state index in [1.54, 1.807) is 0 Å². The summed E-state index contributed by atoms with van der Waals surface area (Å²) in [5, 5.41) is 12.7. The molecule has 0 saturated heterocycles. The lowest BCUT2D eigenvalue weighted by atomic mass is 9.79. The van der Waals surface area contributed by atoms with Crippen LogP contribution in [0.5, 0.6) is 0 Å². The van der Waals surface area contributed by atoms with Crippen molar-refractivity contribution in [3.63, 3.8) is 0 Å². The molecule has 1 aromatic carbocycles. The van der Waals surface area contributed by atoms with Gasteiger partial charge in [-0.1, -0.05) is 40.9 Å². The van der Waals surface area contributed by atoms with Crippen LogP contribution < -0.4 is 5.32 Å². The molecule has 2 unspecified atom stereocenters. The Morgan fingerprint density at radius 1 is 1.40 bits per heavy atom. The first-order chi connectivity index (χ1) is 9.58. The Kier molecular flexibility index (Phi) is 5.61. The molecule has 0 heterocycles. The Morgan fingerprint density at radius 3 is 2.85 bits per heavy atom. The Labute approximate surface area is 128 Å². The molecule has 2 rings (SSSR count). The lowest BCUT2D eigenvalue weighted by Crippen LogP contribution is -2.34. The molecule has 1 fully saturated rings. The summed E-state index contributed by atoms with van der Waals surface area (Å²) in [6.45, 7) is 3.64. The van der Waals surface area contributed by atoms with Crippen LogP contribution in [0.3, 0.4) is 0 Å². The monoisotopic (exact) mass is 339 g/mol. The molecule has 0 amide bonds. The van der Waals surface area contributed by atoms with Crippen molar-refractivity contribution in [2.75, 3.05) is 6.54 Å². The Bertz CT molecular complexity index is 476. The SMILES string of the molecule is Cc1ccc(CNCC2CCCCC2C(=O)O)c(Br)c1. The highest BCUT2D eigenvalue weighted by Gasteiger charge is 2.30. The number of halogens is 1. The van der Waals surface area contributed by atoms with E-state index in [1.807, 2.05) is 0 Å². The van der Waals surface area contributed by atoms with Gasteiger partial charge in [-0.3, -0.25) is 4.79 Å². The Balaban J connectivity index is 1.86. The zero-order chi connectivity index (χ0) is 14.5. The number of hydrogen-bond donors (Lipinski definition) is 2. The molecule has 2 atom stereocenters. The van der Waals surface area contributed by atoms with Crippen LogP contribution in [0.1, 0.15) is 36.8 Å². The van der Waals surface area contributed by atoms with Crippen molar-refractivity contribution in [1.82, 2.24) is 5.32 Å². The first kappa shape index (κ1) is 15.5. The first-order valence-corrected chi connectivity index (χ1v) is 8.06. The summed E-state index contributed by atoms with van der Waals surface area (Å²) in [5.41, 5.74) is 2.46. The van der Waals surface area contributed by atoms with Gasteiger partial charge in [0.1, 0.15) is 0 Å². The van der Waals surface area contributed by atoms with Gasteiger partial charge in [-0.15, -0.1) is 0 Å². The van der Waals surface area contributed by atoms with Crippen LogP contribution in [0, 0.1) is 18.8 Å². The molecule has 1 aliphatic rings. The summed E-state index contributed by atoms with van der Waals surface area (Å²) in [5.74, 6) is -0.531. The summed E-state index contributed by atoms with van der Waals surface area (Å²) in [6.07, 6.45) is 4.07. The van der Waals surface area contributed by atoms with E-state index in [-0.39, 0.29) is 11.8 Å². The van der Waals surface area contributed by atoms with Crippen LogP contribution in [-0.2, 0) is 11.3 Å². The van der Waals surface area contributed by atoms with Crippen molar-refractivity contribution in [3.8, 4) is 0 Å². The van der Waals surface area contributed by atoms with Crippen molar-refractivity contribution in [1.29, 1.82) is 0 Å². The van der Waals surface area contributed by atoms with Crippen molar-refractivity contribution < 1.29 is 9.90 Å². The van der Waals surface area contributed by atoms with E-state index in [9.17, 15) is 9.90 Å². The molecule has 1 aromatic rings. The maximum Gasteiger partial charge on any atom is 0.306 e. The fraction of sp³-hybridized carbons (Fsp3) is 0.562. The molecule has 0 bridgehead atoms. The molecule has 20 heavy (non-hydrogen) atoms. The molecule has 1 aliphatic carbocycles. The van der Waals surface area contributed by atoms with Crippen LogP contribution in [0.15, 0.2) is 22.7 Å². The van der Waals surface area contributed by atoms with Crippen molar-refractivity contribution in [2.24, 2.45) is 11.8 Å². The van der Waals surface area contributed by atoms with Crippen LogP contribution in [0.25, 0.3) is 0 Å². The summed E-state index contributed by atoms with van der Waals surface area (Å²) in [7, 11) is 0. The number of carboxylic acid groups (broad SMARTS) is 1. The van der Waals surface area contributed by atoms with E-state index in [1.165, 1.54) is 11.1 Å². The van der Waals surface area contributed by atoms with E-state index in [0.717, 1.165) is 43.2 Å². The third-order valence-electron chi connectivity index (χ3n) is 4.16. The molecule has 110 valence electrons. The number of carbonyl (C=O) groups is 1. The van der Waals surface area contributed by atoms with Gasteiger partial charge in [0.25, 0.3) is 0 Å². The lowest BCUT2D eigenvalue weighted by Gasteiger charge is -2.28. The van der Waals surface area contributed by atoms with Gasteiger partial charge in [0.2, 0.25) is 0 Å². The fourth-order valence-electron chi connectivity index (χ4n) is 2.97. The van der Waals surface area contributed by atoms with E-state index >= 15 is 0 Å². The number of benzene rings is 1. The third kappa shape index (κ3) is 4.06. The second-order valence-corrected chi connectivity index (χ2v) is 6.57. The Hall–Kier alpha value is -0.870. The summed E-state index contributed by atoms with van der Waals surface area (Å²) in [4.78, 5) is 11.3. The van der Waals surface area contributed by atoms with E-state index in [2.05, 4.69) is 46.4 Å². The van der Waals surface area contributed by atoms with Crippen molar-refractivity contribution in [2.45, 2.75) is 39.2 Å². The number of carboxylic acids is 1. The van der Waals surface area contributed by atoms with E-state index in [0.29, 0.717) is 0 Å². The average Bonchev–Trinajstić information content (AvgIpc) is 2.41. The highest BCUT2D eigenvalue weighted by Crippen LogP contribution is 2.30. The van der Waals surface area contributed by atoms with Crippen LogP contribution in [-0.4, -0.2) is 17.6 Å². The molecular formula is C16H22BrNO2. The first-order valence-electron chi connectivity index (χ1n) is 7.26. The molecule has 0 radical (unpaired) electrons. The zero-order valence-corrected chi connectivity index (χ0v) is 13.4. The van der Waals surface area contributed by atoms with Crippen LogP contribution >= 0.6 is 15.9 Å². The third-order valence-corrected chi connectivity index (χ3v) is 4.90. The van der Waals surface area contributed by atoms with Crippen LogP contribution in [0.4, 0.5) is 0 Å². The van der Waals surface area contributed by atoms with Gasteiger partial charge in [0.05, 0.1) is 5.92 Å². The normalized spacial score (nSPS) is 22.7. The number of aliphatic carboxylic acids is 1. The molecule has 0 spiro atoms. The minimum absolute atomic E-state index is 0.169. The summed E-state index contributed by atoms with van der Waals surface area (Å²) < 4.78 is 1.11. The van der Waals surface area contributed by atoms with Gasteiger partial charge < -0.3 is 10.4 Å². The largest absolute Gasteiger partial charge is 0.481 e. The molecular weight excluding hydrogens is 318 g/mol. The lowest BCUT2D eigenvalue weighted by molar-refractivity contribution is -0.144. The quantitative estimate of drug-likeness (QED) is 0.859. The number of nitrogens with one attached hydrogen (secondary N) is 1. The van der Waals surface area contributed by atoms with Gasteiger partial charge in [-0.2, -0.15) is 0 Å². The van der Waals surface area contributed by atoms with Gasteiger partial charge >= 0.3 is 5.97 Å². The fourth-order valence-corrected chi connectivity index (χ4v) is 3.60. The highest BCUT2D eigenvalue weighted by atomic mass is 79.9. The van der Waals surface area contributed by atoms with Crippen molar-refractivity contribution >= 4 is 21.9 Å². The molecule has 0 aliphatic heterocycles. The predicted octanol–water partition coefficient (Wildman–Crippen LogP) is 3.74. The van der Waals surface area contributed by atoms with Gasteiger partial charge in [0, 0.05) is 11.0 Å². The average molecular weight is 340 g/mol. The minimum Gasteiger partial charge on any atom is -0.481 e. The standard InChI is InChI=1S/C16H22BrNO2/c1-11-6-7-13(15(17)8-11)10-18-9-12-4-2-3-5-14(12)16(19)20/h6-8,12,14,18H,2-5,9-10H2,1H3,(H,19,20). The predicted molar refractivity (Wildman–Crippen MR) is 83.7 cm³/mol. The van der Waals surface area contributed by atoms with Gasteiger partial charge in [-0.25, -0.2) is 0 Å². The van der Waals surface area contributed by atoms with E-state index in [4.69, 9.17) is 0 Å². The van der Waals surface area contributed by atoms with Crippen molar-refractivity contribution in [3.05, 3.63) is 33.8 Å². The highest BCUT2D eigenvalue weighted by molar-refractivity contribution is 9.10. The second kappa shape index (κ2) is 7.23. The molecule has 3 nitrogen and oxygen atoms in total. The summed E-state index contributed by atoms with van der Waals surface area (Å²) in [6, 6.07) is 6.32. The zero-order valence-electron chi connectivity index (χ0n) is 11.9. The van der Waals surface area contributed by atoms with E-state index < -0.39 is 5.97 Å². The van der Waals surface area contributed by atoms with Gasteiger partial charge in [0.15, 0.2) is 0 Å². The topological polar surface area (TPSA) is 49.3 Å². The smallest absolute Gasteiger partial charge is 0.306 e. The number of rotatable bonds is 5. The molecule has 4 heteroatoms. The Morgan fingerprint density at radius 2 is 2.15 bits per heavy atom. The van der Waals surface area contributed by atoms with Gasteiger partial charge in [-0.05, 0) is 49.4 Å². The minimum atomic E-state index is -0.631.